The Morgan fingerprint density at radius 2 is 1.97 bits per heavy atom. The highest BCUT2D eigenvalue weighted by molar-refractivity contribution is 8.26. The maximum absolute atomic E-state index is 12.8. The SMILES string of the molecule is CCOc1cc(/C=C2/SC(=S)N(Nc3ccc([N+](=O)[O-])cc3)C2=O)ccc1OCCC(=O)O. The van der Waals surface area contributed by atoms with Gasteiger partial charge in [-0.15, -0.1) is 0 Å². The number of rotatable bonds is 10. The molecule has 1 heterocycles. The van der Waals surface area contributed by atoms with E-state index in [-0.39, 0.29) is 28.9 Å². The van der Waals surface area contributed by atoms with Crippen molar-refractivity contribution in [2.24, 2.45) is 0 Å². The van der Waals surface area contributed by atoms with Crippen molar-refractivity contribution in [2.45, 2.75) is 13.3 Å². The van der Waals surface area contributed by atoms with Gasteiger partial charge in [-0.1, -0.05) is 17.8 Å². The van der Waals surface area contributed by atoms with Crippen molar-refractivity contribution in [2.75, 3.05) is 18.6 Å². The number of amides is 1. The van der Waals surface area contributed by atoms with E-state index in [0.717, 1.165) is 11.8 Å². The number of hydrazine groups is 1. The Morgan fingerprint density at radius 3 is 2.61 bits per heavy atom. The standard InChI is InChI=1S/C21H19N3O7S2/c1-2-30-17-11-13(3-8-16(17)31-10-9-19(25)26)12-18-20(27)23(21(32)33-18)22-14-4-6-15(7-5-14)24(28)29/h3-8,11-12,22H,2,9-10H2,1H3,(H,25,26)/b18-12+. The van der Waals surface area contributed by atoms with Gasteiger partial charge in [0, 0.05) is 12.1 Å². The van der Waals surface area contributed by atoms with Crippen LogP contribution < -0.4 is 14.9 Å². The molecule has 0 aromatic heterocycles. The van der Waals surface area contributed by atoms with Crippen molar-refractivity contribution < 1.29 is 29.1 Å². The van der Waals surface area contributed by atoms with Crippen LogP contribution in [0.5, 0.6) is 11.5 Å². The fourth-order valence-electron chi connectivity index (χ4n) is 2.75. The molecule has 1 fully saturated rings. The van der Waals surface area contributed by atoms with E-state index in [4.69, 9.17) is 26.8 Å². The zero-order valence-corrected chi connectivity index (χ0v) is 19.0. The normalized spacial score (nSPS) is 14.5. The summed E-state index contributed by atoms with van der Waals surface area (Å²) in [5, 5.41) is 20.7. The summed E-state index contributed by atoms with van der Waals surface area (Å²) in [6.07, 6.45) is 1.51. The molecule has 12 heteroatoms. The summed E-state index contributed by atoms with van der Waals surface area (Å²) in [4.78, 5) is 34.2. The van der Waals surface area contributed by atoms with Crippen LogP contribution >= 0.6 is 24.0 Å². The van der Waals surface area contributed by atoms with Crippen molar-refractivity contribution in [3.63, 3.8) is 0 Å². The fraction of sp³-hybridized carbons (Fsp3) is 0.190. The minimum absolute atomic E-state index is 0.00171. The molecule has 0 spiro atoms. The summed E-state index contributed by atoms with van der Waals surface area (Å²) in [6, 6.07) is 10.7. The van der Waals surface area contributed by atoms with Gasteiger partial charge in [-0.05, 0) is 55.0 Å². The average molecular weight is 490 g/mol. The lowest BCUT2D eigenvalue weighted by Gasteiger charge is -2.16. The van der Waals surface area contributed by atoms with Crippen molar-refractivity contribution in [3.8, 4) is 11.5 Å². The van der Waals surface area contributed by atoms with Crippen LogP contribution in [0.25, 0.3) is 6.08 Å². The molecule has 1 aliphatic heterocycles. The molecule has 0 aliphatic carbocycles. The van der Waals surface area contributed by atoms with Gasteiger partial charge in [0.25, 0.3) is 11.6 Å². The van der Waals surface area contributed by atoms with Crippen LogP contribution in [0.3, 0.4) is 0 Å². The fourth-order valence-corrected chi connectivity index (χ4v) is 3.93. The van der Waals surface area contributed by atoms with Gasteiger partial charge in [0.15, 0.2) is 15.8 Å². The molecule has 2 aromatic rings. The average Bonchev–Trinajstić information content (AvgIpc) is 3.03. The van der Waals surface area contributed by atoms with Crippen molar-refractivity contribution in [1.82, 2.24) is 5.01 Å². The number of aliphatic carboxylic acids is 1. The number of carbonyl (C=O) groups excluding carboxylic acids is 1. The number of non-ortho nitro benzene ring substituents is 1. The molecule has 172 valence electrons. The van der Waals surface area contributed by atoms with Crippen LogP contribution in [-0.4, -0.2) is 44.4 Å². The summed E-state index contributed by atoms with van der Waals surface area (Å²) in [6.45, 7) is 2.18. The number of nitro groups is 1. The molecule has 2 aromatic carbocycles. The lowest BCUT2D eigenvalue weighted by Crippen LogP contribution is -2.33. The third kappa shape index (κ3) is 6.20. The minimum atomic E-state index is -0.964. The van der Waals surface area contributed by atoms with E-state index in [0.29, 0.717) is 34.3 Å². The van der Waals surface area contributed by atoms with Gasteiger partial charge < -0.3 is 14.6 Å². The highest BCUT2D eigenvalue weighted by atomic mass is 32.2. The van der Waals surface area contributed by atoms with E-state index in [1.165, 1.54) is 29.3 Å². The van der Waals surface area contributed by atoms with Crippen molar-refractivity contribution >= 4 is 57.6 Å². The monoisotopic (exact) mass is 489 g/mol. The van der Waals surface area contributed by atoms with Gasteiger partial charge in [-0.25, -0.2) is 5.01 Å². The van der Waals surface area contributed by atoms with Gasteiger partial charge in [-0.3, -0.25) is 25.1 Å². The number of hydrogen-bond acceptors (Lipinski definition) is 9. The second-order valence-corrected chi connectivity index (χ2v) is 8.24. The Morgan fingerprint density at radius 1 is 1.24 bits per heavy atom. The van der Waals surface area contributed by atoms with Gasteiger partial charge in [0.05, 0.1) is 35.2 Å². The molecule has 0 saturated carbocycles. The maximum Gasteiger partial charge on any atom is 0.306 e. The predicted molar refractivity (Wildman–Crippen MR) is 127 cm³/mol. The number of thioether (sulfide) groups is 1. The number of ether oxygens (including phenoxy) is 2. The number of anilines is 1. The zero-order chi connectivity index (χ0) is 24.0. The van der Waals surface area contributed by atoms with Gasteiger partial charge in [0.1, 0.15) is 0 Å². The van der Waals surface area contributed by atoms with Crippen molar-refractivity contribution in [3.05, 3.63) is 63.0 Å². The highest BCUT2D eigenvalue weighted by Gasteiger charge is 2.32. The third-order valence-electron chi connectivity index (χ3n) is 4.25. The molecule has 10 nitrogen and oxygen atoms in total. The van der Waals surface area contributed by atoms with Gasteiger partial charge >= 0.3 is 5.97 Å². The quantitative estimate of drug-likeness (QED) is 0.218. The first kappa shape index (κ1) is 24.0. The number of thiocarbonyl (C=S) groups is 1. The number of carbonyl (C=O) groups is 2. The topological polar surface area (TPSA) is 131 Å². The Hall–Kier alpha value is -3.64. The second-order valence-electron chi connectivity index (χ2n) is 6.56. The maximum atomic E-state index is 12.8. The molecule has 1 amide bonds. The first-order chi connectivity index (χ1) is 15.8. The molecule has 0 atom stereocenters. The molecular weight excluding hydrogens is 470 g/mol. The summed E-state index contributed by atoms with van der Waals surface area (Å²) >= 11 is 6.40. The minimum Gasteiger partial charge on any atom is -0.490 e. The number of hydrogen-bond donors (Lipinski definition) is 2. The lowest BCUT2D eigenvalue weighted by molar-refractivity contribution is -0.384. The molecule has 3 rings (SSSR count). The summed E-state index contributed by atoms with van der Waals surface area (Å²) in [5.41, 5.74) is 3.94. The van der Waals surface area contributed by atoms with Gasteiger partial charge in [0.2, 0.25) is 0 Å². The lowest BCUT2D eigenvalue weighted by atomic mass is 10.2. The number of carboxylic acids is 1. The van der Waals surface area contributed by atoms with Crippen LogP contribution in [-0.2, 0) is 9.59 Å². The molecule has 1 aliphatic rings. The molecule has 2 N–H and O–H groups in total. The van der Waals surface area contributed by atoms with E-state index in [2.05, 4.69) is 5.43 Å². The van der Waals surface area contributed by atoms with Crippen LogP contribution in [0.1, 0.15) is 18.9 Å². The Bertz CT molecular complexity index is 1120. The smallest absolute Gasteiger partial charge is 0.306 e. The molecule has 0 unspecified atom stereocenters. The first-order valence-corrected chi connectivity index (χ1v) is 10.9. The van der Waals surface area contributed by atoms with Gasteiger partial charge in [-0.2, -0.15) is 0 Å². The Labute approximate surface area is 198 Å². The van der Waals surface area contributed by atoms with E-state index in [1.54, 1.807) is 24.3 Å². The van der Waals surface area contributed by atoms with Crippen LogP contribution in [0.2, 0.25) is 0 Å². The zero-order valence-electron chi connectivity index (χ0n) is 17.3. The van der Waals surface area contributed by atoms with E-state index in [9.17, 15) is 19.7 Å². The van der Waals surface area contributed by atoms with E-state index in [1.807, 2.05) is 6.92 Å². The number of nitrogens with one attached hydrogen (secondary N) is 1. The number of benzene rings is 2. The Kier molecular flexibility index (Phi) is 7.85. The van der Waals surface area contributed by atoms with E-state index >= 15 is 0 Å². The molecular formula is C21H19N3O7S2. The Balaban J connectivity index is 1.75. The van der Waals surface area contributed by atoms with Crippen LogP contribution in [0.4, 0.5) is 11.4 Å². The molecule has 0 radical (unpaired) electrons. The highest BCUT2D eigenvalue weighted by Crippen LogP contribution is 2.35. The third-order valence-corrected chi connectivity index (χ3v) is 5.55. The first-order valence-electron chi connectivity index (χ1n) is 9.69. The number of nitrogens with zero attached hydrogens (tertiary/aromatic N) is 2. The summed E-state index contributed by atoms with van der Waals surface area (Å²) < 4.78 is 11.4. The number of carboxylic acid groups (broad SMARTS) is 1. The largest absolute Gasteiger partial charge is 0.490 e. The predicted octanol–water partition coefficient (Wildman–Crippen LogP) is 4.08. The van der Waals surface area contributed by atoms with Crippen LogP contribution in [0, 0.1) is 10.1 Å². The second kappa shape index (κ2) is 10.8. The molecule has 0 bridgehead atoms. The van der Waals surface area contributed by atoms with E-state index < -0.39 is 10.9 Å². The molecule has 1 saturated heterocycles. The number of nitro benzene ring substituents is 1. The van der Waals surface area contributed by atoms with Crippen LogP contribution in [0.15, 0.2) is 47.4 Å². The molecule has 33 heavy (non-hydrogen) atoms. The summed E-state index contributed by atoms with van der Waals surface area (Å²) in [7, 11) is 0. The van der Waals surface area contributed by atoms with Crippen molar-refractivity contribution in [1.29, 1.82) is 0 Å². The summed E-state index contributed by atoms with van der Waals surface area (Å²) in [5.74, 6) is -0.504.